The molecule has 1 amide bonds. The summed E-state index contributed by atoms with van der Waals surface area (Å²) in [6.45, 7) is 12.9. The molecule has 3 heterocycles. The van der Waals surface area contributed by atoms with E-state index in [1.165, 1.54) is 6.33 Å². The van der Waals surface area contributed by atoms with Crippen LogP contribution in [0.2, 0.25) is 18.1 Å². The van der Waals surface area contributed by atoms with E-state index in [0.29, 0.717) is 29.0 Å². The van der Waals surface area contributed by atoms with Crippen LogP contribution in [0.1, 0.15) is 50.7 Å². The highest BCUT2D eigenvalue weighted by Gasteiger charge is 2.49. The number of nitrogens with one attached hydrogen (secondary N) is 1. The molecule has 34 heavy (non-hydrogen) atoms. The van der Waals surface area contributed by atoms with Gasteiger partial charge < -0.3 is 19.6 Å². The Balaban J connectivity index is 1.61. The number of hydrogen-bond acceptors (Lipinski definition) is 7. The van der Waals surface area contributed by atoms with Crippen LogP contribution in [0.3, 0.4) is 0 Å². The standard InChI is InChI=1S/C24H33N5O4Si/c1-7-16-19(33-34(5,6)24(2,3)4)18(30)23(32-16)29-14-27-17-20(25-13-26-21(17)29)28-22(31)15-11-9-8-10-12-15/h8-14,16,18-19,23,30H,7H2,1-6H3,(H,25,26,28,31)/t16-,18+,19?,23-/m1/s1. The van der Waals surface area contributed by atoms with Gasteiger partial charge in [0, 0.05) is 5.56 Å². The Bertz CT molecular complexity index is 1160. The van der Waals surface area contributed by atoms with Crippen molar-refractivity contribution < 1.29 is 19.1 Å². The minimum Gasteiger partial charge on any atom is -0.408 e. The summed E-state index contributed by atoms with van der Waals surface area (Å²) in [5.74, 6) is 0.00684. The number of anilines is 1. The Morgan fingerprint density at radius 1 is 1.21 bits per heavy atom. The van der Waals surface area contributed by atoms with E-state index in [1.54, 1.807) is 35.2 Å². The Kier molecular flexibility index (Phi) is 6.60. The fourth-order valence-electron chi connectivity index (χ4n) is 3.84. The minimum atomic E-state index is -2.14. The van der Waals surface area contributed by atoms with E-state index in [4.69, 9.17) is 9.16 Å². The molecular formula is C24H33N5O4Si. The molecule has 1 aliphatic heterocycles. The summed E-state index contributed by atoms with van der Waals surface area (Å²) in [6, 6.07) is 8.89. The number of amides is 1. The van der Waals surface area contributed by atoms with Gasteiger partial charge in [0.1, 0.15) is 18.5 Å². The van der Waals surface area contributed by atoms with Crippen LogP contribution in [0.5, 0.6) is 0 Å². The van der Waals surface area contributed by atoms with Crippen LogP contribution in [0.25, 0.3) is 11.2 Å². The summed E-state index contributed by atoms with van der Waals surface area (Å²) in [5.41, 5.74) is 1.40. The quantitative estimate of drug-likeness (QED) is 0.507. The molecule has 0 bridgehead atoms. The molecule has 0 aliphatic carbocycles. The molecule has 182 valence electrons. The zero-order valence-corrected chi connectivity index (χ0v) is 21.5. The number of ether oxygens (including phenoxy) is 1. The molecule has 0 spiro atoms. The third kappa shape index (κ3) is 4.50. The van der Waals surface area contributed by atoms with Gasteiger partial charge in [0.05, 0.1) is 12.4 Å². The van der Waals surface area contributed by atoms with E-state index in [-0.39, 0.29) is 17.0 Å². The lowest BCUT2D eigenvalue weighted by Gasteiger charge is -2.40. The van der Waals surface area contributed by atoms with Crippen molar-refractivity contribution in [2.24, 2.45) is 0 Å². The fourth-order valence-corrected chi connectivity index (χ4v) is 5.16. The predicted octanol–water partition coefficient (Wildman–Crippen LogP) is 4.14. The van der Waals surface area contributed by atoms with E-state index in [2.05, 4.69) is 54.1 Å². The molecule has 1 aliphatic rings. The van der Waals surface area contributed by atoms with Crippen molar-refractivity contribution in [2.45, 2.75) is 76.8 Å². The van der Waals surface area contributed by atoms with Gasteiger partial charge >= 0.3 is 0 Å². The average molecular weight is 484 g/mol. The molecule has 0 saturated carbocycles. The van der Waals surface area contributed by atoms with Crippen LogP contribution in [0.15, 0.2) is 43.0 Å². The number of carbonyl (C=O) groups excluding carboxylic acids is 1. The Labute approximate surface area is 200 Å². The highest BCUT2D eigenvalue weighted by Crippen LogP contribution is 2.42. The van der Waals surface area contributed by atoms with Crippen molar-refractivity contribution in [3.63, 3.8) is 0 Å². The van der Waals surface area contributed by atoms with Gasteiger partial charge in [0.2, 0.25) is 0 Å². The molecule has 2 N–H and O–H groups in total. The molecule has 1 fully saturated rings. The zero-order valence-electron chi connectivity index (χ0n) is 20.5. The van der Waals surface area contributed by atoms with E-state index in [0.717, 1.165) is 0 Å². The summed E-state index contributed by atoms with van der Waals surface area (Å²) < 4.78 is 14.5. The van der Waals surface area contributed by atoms with E-state index < -0.39 is 26.8 Å². The SMILES string of the molecule is CC[C@H]1O[C@@H](n2cnc3c(NC(=O)c4ccccc4)ncnc32)[C@@H](O)C1O[Si](C)(C)C(C)(C)C. The third-order valence-corrected chi connectivity index (χ3v) is 11.3. The molecule has 4 atom stereocenters. The second-order valence-electron chi connectivity index (χ2n) is 10.2. The number of imidazole rings is 1. The molecule has 4 rings (SSSR count). The highest BCUT2D eigenvalue weighted by atomic mass is 28.4. The zero-order chi connectivity index (χ0) is 24.7. The normalized spacial score (nSPS) is 23.4. The van der Waals surface area contributed by atoms with Crippen molar-refractivity contribution in [1.29, 1.82) is 0 Å². The van der Waals surface area contributed by atoms with E-state index in [1.807, 2.05) is 13.0 Å². The first-order valence-electron chi connectivity index (χ1n) is 11.6. The van der Waals surface area contributed by atoms with Crippen LogP contribution in [-0.4, -0.2) is 57.2 Å². The van der Waals surface area contributed by atoms with Crippen molar-refractivity contribution in [3.05, 3.63) is 48.5 Å². The highest BCUT2D eigenvalue weighted by molar-refractivity contribution is 6.74. The van der Waals surface area contributed by atoms with Crippen molar-refractivity contribution in [2.75, 3.05) is 5.32 Å². The fraction of sp³-hybridized carbons (Fsp3) is 0.500. The first-order chi connectivity index (χ1) is 16.0. The number of nitrogens with zero attached hydrogens (tertiary/aromatic N) is 4. The van der Waals surface area contributed by atoms with Crippen LogP contribution in [-0.2, 0) is 9.16 Å². The number of fused-ring (bicyclic) bond motifs is 1. The number of rotatable bonds is 6. The van der Waals surface area contributed by atoms with Gasteiger partial charge in [-0.2, -0.15) is 0 Å². The molecule has 3 aromatic rings. The van der Waals surface area contributed by atoms with Gasteiger partial charge in [0.25, 0.3) is 5.91 Å². The van der Waals surface area contributed by atoms with E-state index >= 15 is 0 Å². The van der Waals surface area contributed by atoms with Gasteiger partial charge in [0.15, 0.2) is 31.5 Å². The molecule has 1 unspecified atom stereocenters. The van der Waals surface area contributed by atoms with Crippen molar-refractivity contribution >= 4 is 31.2 Å². The lowest BCUT2D eigenvalue weighted by molar-refractivity contribution is -0.0355. The number of aromatic nitrogens is 4. The van der Waals surface area contributed by atoms with Crippen LogP contribution < -0.4 is 5.32 Å². The summed E-state index contributed by atoms with van der Waals surface area (Å²) in [4.78, 5) is 25.6. The summed E-state index contributed by atoms with van der Waals surface area (Å²) in [7, 11) is -2.14. The molecule has 9 nitrogen and oxygen atoms in total. The predicted molar refractivity (Wildman–Crippen MR) is 132 cm³/mol. The maximum Gasteiger partial charge on any atom is 0.256 e. The molecular weight excluding hydrogens is 450 g/mol. The van der Waals surface area contributed by atoms with Gasteiger partial charge in [-0.05, 0) is 36.7 Å². The Morgan fingerprint density at radius 2 is 1.91 bits per heavy atom. The molecule has 10 heteroatoms. The second kappa shape index (κ2) is 9.18. The van der Waals surface area contributed by atoms with Crippen molar-refractivity contribution in [3.8, 4) is 0 Å². The van der Waals surface area contributed by atoms with Crippen molar-refractivity contribution in [1.82, 2.24) is 19.5 Å². The van der Waals surface area contributed by atoms with Gasteiger partial charge in [-0.25, -0.2) is 15.0 Å². The monoisotopic (exact) mass is 483 g/mol. The van der Waals surface area contributed by atoms with Gasteiger partial charge in [-0.15, -0.1) is 0 Å². The largest absolute Gasteiger partial charge is 0.408 e. The molecule has 2 aromatic heterocycles. The summed E-state index contributed by atoms with van der Waals surface area (Å²) in [6.07, 6.45) is 1.31. The smallest absolute Gasteiger partial charge is 0.256 e. The average Bonchev–Trinajstić information content (AvgIpc) is 3.35. The van der Waals surface area contributed by atoms with Crippen LogP contribution in [0, 0.1) is 0 Å². The lowest BCUT2D eigenvalue weighted by atomic mass is 10.1. The number of carbonyl (C=O) groups is 1. The maximum absolute atomic E-state index is 12.6. The summed E-state index contributed by atoms with van der Waals surface area (Å²) >= 11 is 0. The number of benzene rings is 1. The van der Waals surface area contributed by atoms with Gasteiger partial charge in [-0.3, -0.25) is 9.36 Å². The first kappa shape index (κ1) is 24.5. The number of aliphatic hydroxyl groups excluding tert-OH is 1. The molecule has 1 saturated heterocycles. The first-order valence-corrected chi connectivity index (χ1v) is 14.5. The molecule has 1 aromatic carbocycles. The molecule has 0 radical (unpaired) electrons. The number of aliphatic hydroxyl groups is 1. The lowest BCUT2D eigenvalue weighted by Crippen LogP contribution is -2.49. The van der Waals surface area contributed by atoms with Gasteiger partial charge in [-0.1, -0.05) is 45.9 Å². The minimum absolute atomic E-state index is 0.00386. The van der Waals surface area contributed by atoms with Crippen LogP contribution >= 0.6 is 0 Å². The maximum atomic E-state index is 12.6. The summed E-state index contributed by atoms with van der Waals surface area (Å²) in [5, 5.41) is 14.1. The van der Waals surface area contributed by atoms with Crippen LogP contribution in [0.4, 0.5) is 5.82 Å². The third-order valence-electron chi connectivity index (χ3n) is 6.85. The number of hydrogen-bond donors (Lipinski definition) is 2. The Morgan fingerprint density at radius 3 is 2.56 bits per heavy atom. The second-order valence-corrected chi connectivity index (χ2v) is 14.9. The topological polar surface area (TPSA) is 111 Å². The Hall–Kier alpha value is -2.66. The van der Waals surface area contributed by atoms with E-state index in [9.17, 15) is 9.90 Å².